The lowest BCUT2D eigenvalue weighted by atomic mass is 10.1. The van der Waals surface area contributed by atoms with E-state index in [4.69, 9.17) is 0 Å². The first-order chi connectivity index (χ1) is 7.15. The maximum Gasteiger partial charge on any atom is 0.280 e. The van der Waals surface area contributed by atoms with Gasteiger partial charge >= 0.3 is 0 Å². The molecule has 0 spiro atoms. The summed E-state index contributed by atoms with van der Waals surface area (Å²) in [6, 6.07) is 12.0. The molecular weight excluding hydrogens is 206 g/mol. The molecule has 0 unspecified atom stereocenters. The highest BCUT2D eigenvalue weighted by Gasteiger charge is 1.98. The standard InChI is InChI=1S/C12H11NOS/c1-8-2-3-10-7-11(13-12(14)15)5-4-9(10)6-8/h2-7H,1H3,(H2,13,14,15). The Bertz CT molecular complexity index is 522. The van der Waals surface area contributed by atoms with Crippen molar-refractivity contribution in [2.75, 3.05) is 5.32 Å². The quantitative estimate of drug-likeness (QED) is 0.702. The molecule has 1 amide bonds. The van der Waals surface area contributed by atoms with Crippen molar-refractivity contribution in [3.63, 3.8) is 0 Å². The van der Waals surface area contributed by atoms with Crippen LogP contribution in [0.25, 0.3) is 10.8 Å². The van der Waals surface area contributed by atoms with Gasteiger partial charge in [0.25, 0.3) is 5.24 Å². The predicted octanol–water partition coefficient (Wildman–Crippen LogP) is 3.61. The molecule has 0 aliphatic carbocycles. The maximum atomic E-state index is 10.8. The number of nitrogens with one attached hydrogen (secondary N) is 1. The minimum atomic E-state index is -0.346. The van der Waals surface area contributed by atoms with Gasteiger partial charge in [-0.3, -0.25) is 4.79 Å². The van der Waals surface area contributed by atoms with Crippen LogP contribution in [0.3, 0.4) is 0 Å². The molecule has 15 heavy (non-hydrogen) atoms. The van der Waals surface area contributed by atoms with Crippen LogP contribution >= 0.6 is 12.6 Å². The molecule has 2 rings (SSSR count). The van der Waals surface area contributed by atoms with Crippen LogP contribution in [0.4, 0.5) is 10.5 Å². The van der Waals surface area contributed by atoms with Gasteiger partial charge in [-0.05, 0) is 29.8 Å². The summed E-state index contributed by atoms with van der Waals surface area (Å²) in [4.78, 5) is 10.8. The highest BCUT2D eigenvalue weighted by molar-refractivity contribution is 7.96. The van der Waals surface area contributed by atoms with Gasteiger partial charge in [0.1, 0.15) is 0 Å². The van der Waals surface area contributed by atoms with Gasteiger partial charge in [0.2, 0.25) is 0 Å². The monoisotopic (exact) mass is 217 g/mol. The number of fused-ring (bicyclic) bond motifs is 1. The second-order valence-electron chi connectivity index (χ2n) is 3.50. The third-order valence-corrected chi connectivity index (χ3v) is 2.36. The lowest BCUT2D eigenvalue weighted by Crippen LogP contribution is -2.00. The largest absolute Gasteiger partial charge is 0.317 e. The van der Waals surface area contributed by atoms with Gasteiger partial charge in [0.15, 0.2) is 0 Å². The molecule has 0 fully saturated rings. The average Bonchev–Trinajstić information content (AvgIpc) is 2.17. The Morgan fingerprint density at radius 1 is 1.13 bits per heavy atom. The summed E-state index contributed by atoms with van der Waals surface area (Å²) in [6.07, 6.45) is 0. The van der Waals surface area contributed by atoms with Crippen molar-refractivity contribution in [2.45, 2.75) is 6.92 Å². The summed E-state index contributed by atoms with van der Waals surface area (Å²) in [6.45, 7) is 2.06. The van der Waals surface area contributed by atoms with Crippen LogP contribution in [0.2, 0.25) is 0 Å². The van der Waals surface area contributed by atoms with E-state index in [-0.39, 0.29) is 5.24 Å². The second-order valence-corrected chi connectivity index (χ2v) is 3.90. The highest BCUT2D eigenvalue weighted by Crippen LogP contribution is 2.20. The fraction of sp³-hybridized carbons (Fsp3) is 0.0833. The Morgan fingerprint density at radius 2 is 1.80 bits per heavy atom. The molecule has 0 heterocycles. The molecule has 0 radical (unpaired) electrons. The number of hydrogen-bond donors (Lipinski definition) is 2. The van der Waals surface area contributed by atoms with Crippen molar-refractivity contribution in [1.29, 1.82) is 0 Å². The van der Waals surface area contributed by atoms with E-state index in [0.717, 1.165) is 11.1 Å². The van der Waals surface area contributed by atoms with Crippen LogP contribution in [0, 0.1) is 6.92 Å². The molecule has 0 saturated carbocycles. The Balaban J connectivity index is 2.47. The number of carbonyl (C=O) groups excluding carboxylic acids is 1. The Kier molecular flexibility index (Phi) is 2.64. The zero-order chi connectivity index (χ0) is 10.8. The summed E-state index contributed by atoms with van der Waals surface area (Å²) < 4.78 is 0. The molecule has 2 aromatic carbocycles. The minimum Gasteiger partial charge on any atom is -0.317 e. The highest BCUT2D eigenvalue weighted by atomic mass is 32.1. The molecule has 0 bridgehead atoms. The van der Waals surface area contributed by atoms with Gasteiger partial charge in [0, 0.05) is 5.69 Å². The Labute approximate surface area is 93.7 Å². The molecule has 0 aliphatic rings. The van der Waals surface area contributed by atoms with Crippen LogP contribution in [-0.4, -0.2) is 5.24 Å². The van der Waals surface area contributed by atoms with Crippen LogP contribution < -0.4 is 5.32 Å². The van der Waals surface area contributed by atoms with Crippen LogP contribution in [0.1, 0.15) is 5.56 Å². The number of carbonyl (C=O) groups is 1. The third-order valence-electron chi connectivity index (χ3n) is 2.25. The molecule has 3 heteroatoms. The third kappa shape index (κ3) is 2.30. The van der Waals surface area contributed by atoms with E-state index < -0.39 is 0 Å². The van der Waals surface area contributed by atoms with Crippen molar-refractivity contribution < 1.29 is 4.79 Å². The van der Waals surface area contributed by atoms with Gasteiger partial charge < -0.3 is 5.32 Å². The van der Waals surface area contributed by atoms with E-state index >= 15 is 0 Å². The summed E-state index contributed by atoms with van der Waals surface area (Å²) in [5, 5.41) is 4.58. The Hall–Kier alpha value is -1.48. The fourth-order valence-corrected chi connectivity index (χ4v) is 1.70. The van der Waals surface area contributed by atoms with Crippen molar-refractivity contribution in [2.24, 2.45) is 0 Å². The lowest BCUT2D eigenvalue weighted by molar-refractivity contribution is 0.270. The lowest BCUT2D eigenvalue weighted by Gasteiger charge is -2.04. The molecule has 2 aromatic rings. The smallest absolute Gasteiger partial charge is 0.280 e. The van der Waals surface area contributed by atoms with Crippen LogP contribution in [0.5, 0.6) is 0 Å². The maximum absolute atomic E-state index is 10.8. The molecule has 0 saturated heterocycles. The summed E-state index contributed by atoms with van der Waals surface area (Å²) in [5.41, 5.74) is 2.00. The van der Waals surface area contributed by atoms with Crippen LogP contribution in [0.15, 0.2) is 36.4 Å². The first-order valence-electron chi connectivity index (χ1n) is 4.65. The molecule has 76 valence electrons. The zero-order valence-electron chi connectivity index (χ0n) is 8.32. The van der Waals surface area contributed by atoms with E-state index in [9.17, 15) is 4.79 Å². The summed E-state index contributed by atoms with van der Waals surface area (Å²) >= 11 is 3.67. The van der Waals surface area contributed by atoms with Gasteiger partial charge in [-0.1, -0.05) is 42.5 Å². The molecule has 2 nitrogen and oxygen atoms in total. The number of benzene rings is 2. The van der Waals surface area contributed by atoms with E-state index in [2.05, 4.69) is 37.0 Å². The van der Waals surface area contributed by atoms with Gasteiger partial charge in [-0.25, -0.2) is 0 Å². The first kappa shape index (κ1) is 10.1. The summed E-state index contributed by atoms with van der Waals surface area (Å²) in [5.74, 6) is 0. The van der Waals surface area contributed by atoms with E-state index in [0.29, 0.717) is 0 Å². The molecule has 0 atom stereocenters. The normalized spacial score (nSPS) is 10.3. The van der Waals surface area contributed by atoms with Crippen molar-refractivity contribution in [3.05, 3.63) is 42.0 Å². The molecule has 0 aromatic heterocycles. The second kappa shape index (κ2) is 3.95. The number of rotatable bonds is 1. The van der Waals surface area contributed by atoms with E-state index in [1.165, 1.54) is 10.9 Å². The fourth-order valence-electron chi connectivity index (χ4n) is 1.57. The molecule has 0 aliphatic heterocycles. The number of thiol groups is 1. The minimum absolute atomic E-state index is 0.346. The Morgan fingerprint density at radius 3 is 2.53 bits per heavy atom. The van der Waals surface area contributed by atoms with E-state index in [1.54, 1.807) is 0 Å². The summed E-state index contributed by atoms with van der Waals surface area (Å²) in [7, 11) is 0. The molecule has 1 N–H and O–H groups in total. The number of anilines is 1. The van der Waals surface area contributed by atoms with Gasteiger partial charge in [0.05, 0.1) is 0 Å². The number of amides is 1. The SMILES string of the molecule is Cc1ccc2cc(NC(=O)S)ccc2c1. The molecular formula is C12H11NOS. The van der Waals surface area contributed by atoms with Crippen molar-refractivity contribution in [1.82, 2.24) is 0 Å². The number of aryl methyl sites for hydroxylation is 1. The van der Waals surface area contributed by atoms with Gasteiger partial charge in [-0.15, -0.1) is 0 Å². The van der Waals surface area contributed by atoms with Crippen LogP contribution in [-0.2, 0) is 0 Å². The van der Waals surface area contributed by atoms with Crippen molar-refractivity contribution in [3.8, 4) is 0 Å². The van der Waals surface area contributed by atoms with Gasteiger partial charge in [-0.2, -0.15) is 0 Å². The van der Waals surface area contributed by atoms with Crippen molar-refractivity contribution >= 4 is 34.3 Å². The topological polar surface area (TPSA) is 29.1 Å². The number of hydrogen-bond acceptors (Lipinski definition) is 1. The van der Waals surface area contributed by atoms with E-state index in [1.807, 2.05) is 24.3 Å². The average molecular weight is 217 g/mol. The predicted molar refractivity (Wildman–Crippen MR) is 66.7 cm³/mol. The zero-order valence-corrected chi connectivity index (χ0v) is 9.21. The first-order valence-corrected chi connectivity index (χ1v) is 5.10.